The largest absolute Gasteiger partial charge is 0.355 e. The van der Waals surface area contributed by atoms with Crippen LogP contribution in [0.1, 0.15) is 161 Å². The number of anilines is 3. The van der Waals surface area contributed by atoms with Crippen molar-refractivity contribution in [1.82, 2.24) is 103 Å². The standard InChI is InChI=1S/3C35H34F2N8O2/c1-6-29(46)43-15-21(5)44(16-20(43)4)33-26-14-28(37)31-30-22(9-8-12-27(30)36)13-24-18-42(41-40-24)17-23-10-7-11-25(19(2)3)32(23)45(34(26)38-31)35(47)39-33;1-6-29(46)43-15-21(5)44(16-20(43)4)33-26-14-28(37)31-30-23(10-8-12-27(30)36)17-42-18-24(40-41-42)13-22-9-7-11-25(19(2)3)32(22)45(34(26)38-31)35(47)39-33;1-5-29(46)42-14-15-44(21(4)18-42)33-26-17-28(37)31-30-23(9-7-11-27(30)36)16-24-19-43(41-40-24)13-12-22-8-6-10-25(20(2)3)32(22)45(34(26)38-31)35(47)39-33/h2*6-12,14,18-21H,1,13,15-17H2,2-5H3;5-11,17,19-21H,1,12-16,18H2,2-4H3/t2*20-,21+;21-/m110/s1. The third-order valence-electron chi connectivity index (χ3n) is 27.4. The number of para-hydroxylation sites is 3. The average molecular weight is 1910 g/mol. The Bertz CT molecular complexity index is 7530. The Labute approximate surface area is 806 Å². The summed E-state index contributed by atoms with van der Waals surface area (Å²) in [4.78, 5) is 120. The molecule has 0 unspecified atom stereocenters. The highest BCUT2D eigenvalue weighted by molar-refractivity contribution is 5.96. The maximum Gasteiger partial charge on any atom is 0.355 e. The van der Waals surface area contributed by atoms with Crippen molar-refractivity contribution in [2.75, 3.05) is 60.5 Å². The molecule has 0 N–H and O–H groups in total. The van der Waals surface area contributed by atoms with Crippen molar-refractivity contribution >= 4 is 68.3 Å². The summed E-state index contributed by atoms with van der Waals surface area (Å²) in [6, 6.07) is 33.7. The Balaban J connectivity index is 0.000000134. The van der Waals surface area contributed by atoms with Gasteiger partial charge in [0.25, 0.3) is 0 Å². The van der Waals surface area contributed by atoms with Gasteiger partial charge in [-0.05, 0) is 163 Å². The number of nitrogens with zero attached hydrogens (tertiary/aromatic N) is 24. The van der Waals surface area contributed by atoms with E-state index >= 15 is 26.3 Å². The number of rotatable bonds is 9. The molecule has 15 heterocycles. The number of aryl methyl sites for hydroxylation is 2. The predicted octanol–water partition coefficient (Wildman–Crippen LogP) is 14.8. The number of pyridine rings is 3. The van der Waals surface area contributed by atoms with E-state index in [0.29, 0.717) is 132 Å². The molecule has 6 aliphatic rings. The number of halogens is 6. The molecule has 30 nitrogen and oxygen atoms in total. The lowest BCUT2D eigenvalue weighted by Crippen LogP contribution is -2.58. The fraction of sp³-hybridized carbons (Fsp3) is 0.314. The molecule has 0 aliphatic carbocycles. The van der Waals surface area contributed by atoms with E-state index in [1.54, 1.807) is 83.7 Å². The van der Waals surface area contributed by atoms with E-state index in [4.69, 9.17) is 15.0 Å². The van der Waals surface area contributed by atoms with E-state index in [1.165, 1.54) is 68.3 Å². The van der Waals surface area contributed by atoms with Gasteiger partial charge in [0.15, 0.2) is 16.9 Å². The number of carbonyl (C=O) groups excluding carboxylic acids is 3. The van der Waals surface area contributed by atoms with E-state index in [2.05, 4.69) is 65.6 Å². The van der Waals surface area contributed by atoms with Crippen molar-refractivity contribution in [3.05, 3.63) is 317 Å². The Hall–Kier alpha value is -15.8. The van der Waals surface area contributed by atoms with Gasteiger partial charge in [0, 0.05) is 137 Å². The van der Waals surface area contributed by atoms with Crippen molar-refractivity contribution in [3.63, 3.8) is 0 Å². The summed E-state index contributed by atoms with van der Waals surface area (Å²) in [7, 11) is 0. The zero-order valence-corrected chi connectivity index (χ0v) is 79.7. The van der Waals surface area contributed by atoms with Gasteiger partial charge in [0.2, 0.25) is 17.7 Å². The molecule has 5 atom stereocenters. The molecule has 3 amide bonds. The Kier molecular flexibility index (Phi) is 25.3. The normalized spacial score (nSPS) is 17.1. The van der Waals surface area contributed by atoms with Crippen LogP contribution in [0.5, 0.6) is 0 Å². The number of piperazine rings is 3. The SMILES string of the molecule is C=CC(=O)N1CCN(c2nc(=O)n3c4nc(c(F)cc24)-c2c(F)cccc2Cc2cn(nn2)CCc2cccc(C(C)C)c2-3)[C@@H](C)C1.C=CC(=O)N1C[C@H](C)N(c2nc(=O)n3c4nc(c(F)cc24)-c2c(F)cccc2Cc2cn(nn2)Cc2cccc(C(C)C)c2-3)C[C@H]1C.C=CC(=O)N1C[C@H](C)N(c2nc(=O)n3c4nc(c(F)cc24)-c2c(F)cccc2Cn2cc(nn2)Cc2cccc(C(C)C)c2-3)C[C@H]1C. The molecule has 6 aliphatic heterocycles. The number of hydrogen-bond donors (Lipinski definition) is 0. The third kappa shape index (κ3) is 17.3. The Morgan fingerprint density at radius 2 is 0.702 bits per heavy atom. The lowest BCUT2D eigenvalue weighted by atomic mass is 9.95. The first kappa shape index (κ1) is 94.2. The third-order valence-corrected chi connectivity index (χ3v) is 27.4. The molecular weight excluding hydrogens is 1810 g/mol. The van der Waals surface area contributed by atoms with Gasteiger partial charge in [-0.2, -0.15) is 15.0 Å². The van der Waals surface area contributed by atoms with Crippen LogP contribution >= 0.6 is 0 Å². The Morgan fingerprint density at radius 3 is 1.12 bits per heavy atom. The van der Waals surface area contributed by atoms with Gasteiger partial charge in [0.05, 0.1) is 63.4 Å². The second kappa shape index (κ2) is 37.9. The molecule has 15 aromatic rings. The zero-order chi connectivity index (χ0) is 99.3. The molecule has 0 saturated carbocycles. The minimum atomic E-state index is -0.759. The molecule has 3 saturated heterocycles. The van der Waals surface area contributed by atoms with Gasteiger partial charge in [-0.25, -0.2) is 78.7 Å². The molecule has 720 valence electrons. The fourth-order valence-electron chi connectivity index (χ4n) is 20.5. The number of carbonyl (C=O) groups is 3. The van der Waals surface area contributed by atoms with Gasteiger partial charge in [-0.15, -0.1) is 15.3 Å². The van der Waals surface area contributed by atoms with Crippen LogP contribution in [0.25, 0.3) is 83.9 Å². The highest BCUT2D eigenvalue weighted by Crippen LogP contribution is 2.43. The van der Waals surface area contributed by atoms with Gasteiger partial charge in [-0.3, -0.25) is 19.1 Å². The molecule has 3 fully saturated rings. The number of hydrogen-bond acceptors (Lipinski definition) is 21. The number of fused-ring (bicyclic) bond motifs is 21. The minimum Gasteiger partial charge on any atom is -0.350 e. The molecular formula is C105H102F6N24O6. The summed E-state index contributed by atoms with van der Waals surface area (Å²) in [6.45, 7) is 36.0. The first-order chi connectivity index (χ1) is 67.7. The number of aromatic nitrogens is 18. The maximum atomic E-state index is 16.5. The van der Waals surface area contributed by atoms with Crippen LogP contribution in [0.4, 0.5) is 43.8 Å². The first-order valence-corrected chi connectivity index (χ1v) is 47.1. The van der Waals surface area contributed by atoms with E-state index in [0.717, 1.165) is 33.4 Å². The van der Waals surface area contributed by atoms with Gasteiger partial charge >= 0.3 is 17.1 Å². The quantitative estimate of drug-likeness (QED) is 0.0957. The van der Waals surface area contributed by atoms with E-state index in [9.17, 15) is 28.8 Å². The monoisotopic (exact) mass is 1910 g/mol. The molecule has 9 aromatic heterocycles. The summed E-state index contributed by atoms with van der Waals surface area (Å²) in [5.41, 5.74) is 8.04. The van der Waals surface area contributed by atoms with Crippen LogP contribution in [-0.4, -0.2) is 197 Å². The lowest BCUT2D eigenvalue weighted by Gasteiger charge is -2.44. The summed E-state index contributed by atoms with van der Waals surface area (Å²) in [5, 5.41) is 26.8. The smallest absolute Gasteiger partial charge is 0.350 e. The van der Waals surface area contributed by atoms with Crippen LogP contribution in [-0.2, 0) is 59.7 Å². The van der Waals surface area contributed by atoms with Crippen molar-refractivity contribution in [2.24, 2.45) is 0 Å². The first-order valence-electron chi connectivity index (χ1n) is 47.1. The van der Waals surface area contributed by atoms with Crippen molar-refractivity contribution in [2.45, 2.75) is 169 Å². The number of benzene rings is 6. The molecule has 6 aromatic carbocycles. The van der Waals surface area contributed by atoms with Crippen molar-refractivity contribution < 1.29 is 40.7 Å². The molecule has 36 heteroatoms. The van der Waals surface area contributed by atoms with Crippen LogP contribution in [0, 0.1) is 34.9 Å². The fourth-order valence-corrected chi connectivity index (χ4v) is 20.5. The number of amides is 3. The summed E-state index contributed by atoms with van der Waals surface area (Å²) in [5.74, 6) is -4.00. The lowest BCUT2D eigenvalue weighted by molar-refractivity contribution is -0.129. The summed E-state index contributed by atoms with van der Waals surface area (Å²) >= 11 is 0. The second-order valence-corrected chi connectivity index (χ2v) is 37.8. The molecule has 0 radical (unpaired) electrons. The van der Waals surface area contributed by atoms with Crippen molar-refractivity contribution in [3.8, 4) is 50.8 Å². The molecule has 12 bridgehead atoms. The maximum absolute atomic E-state index is 16.5. The van der Waals surface area contributed by atoms with Crippen molar-refractivity contribution in [1.29, 1.82) is 0 Å². The molecule has 141 heavy (non-hydrogen) atoms. The van der Waals surface area contributed by atoms with Gasteiger partial charge < -0.3 is 29.4 Å². The highest BCUT2D eigenvalue weighted by Gasteiger charge is 2.40. The van der Waals surface area contributed by atoms with E-state index in [-0.39, 0.29) is 160 Å². The van der Waals surface area contributed by atoms with Crippen LogP contribution in [0.15, 0.2) is 198 Å². The van der Waals surface area contributed by atoms with E-state index in [1.807, 2.05) is 145 Å². The minimum absolute atomic E-state index is 0.00170. The predicted molar refractivity (Wildman–Crippen MR) is 524 cm³/mol. The summed E-state index contributed by atoms with van der Waals surface area (Å²) in [6.07, 6.45) is 10.5. The van der Waals surface area contributed by atoms with Crippen LogP contribution < -0.4 is 31.8 Å². The van der Waals surface area contributed by atoms with Gasteiger partial charge in [-0.1, -0.05) is 168 Å². The molecule has 0 spiro atoms. The highest BCUT2D eigenvalue weighted by atomic mass is 19.1. The molecule has 21 rings (SSSR count). The summed E-state index contributed by atoms with van der Waals surface area (Å²) < 4.78 is 106. The average Bonchev–Trinajstić information content (AvgIpc) is 1.25. The van der Waals surface area contributed by atoms with E-state index < -0.39 is 52.0 Å². The second-order valence-electron chi connectivity index (χ2n) is 37.8. The van der Waals surface area contributed by atoms with Gasteiger partial charge in [0.1, 0.15) is 69.4 Å². The Morgan fingerprint density at radius 1 is 0.362 bits per heavy atom. The van der Waals surface area contributed by atoms with Crippen LogP contribution in [0.2, 0.25) is 0 Å². The zero-order valence-electron chi connectivity index (χ0n) is 79.7. The topological polar surface area (TPSA) is 306 Å². The van der Waals surface area contributed by atoms with Crippen LogP contribution in [0.3, 0.4) is 0 Å².